The van der Waals surface area contributed by atoms with E-state index >= 15 is 0 Å². The summed E-state index contributed by atoms with van der Waals surface area (Å²) in [4.78, 5) is 23.1. The first-order valence-corrected chi connectivity index (χ1v) is 8.85. The van der Waals surface area contributed by atoms with Gasteiger partial charge in [-0.1, -0.05) is 13.8 Å². The van der Waals surface area contributed by atoms with Crippen molar-refractivity contribution in [3.05, 3.63) is 23.3 Å². The van der Waals surface area contributed by atoms with Gasteiger partial charge in [-0.25, -0.2) is 14.8 Å². The molecule has 2 amide bonds. The van der Waals surface area contributed by atoms with Gasteiger partial charge in [0.25, 0.3) is 0 Å². The number of nitrogens with zero attached hydrogens (tertiary/aromatic N) is 3. The predicted octanol–water partition coefficient (Wildman–Crippen LogP) is 2.87. The second-order valence-corrected chi connectivity index (χ2v) is 6.94. The van der Waals surface area contributed by atoms with Crippen LogP contribution in [0, 0.1) is 12.8 Å². The number of urea groups is 1. The molecular weight excluding hydrogens is 304 g/mol. The van der Waals surface area contributed by atoms with Gasteiger partial charge in [-0.2, -0.15) is 0 Å². The number of hydrogen-bond acceptors (Lipinski definition) is 4. The third-order valence-electron chi connectivity index (χ3n) is 4.49. The molecule has 0 spiro atoms. The van der Waals surface area contributed by atoms with Crippen LogP contribution in [0.15, 0.2) is 6.20 Å². The fourth-order valence-corrected chi connectivity index (χ4v) is 3.07. The highest BCUT2D eigenvalue weighted by molar-refractivity contribution is 5.74. The molecule has 1 aliphatic heterocycles. The highest BCUT2D eigenvalue weighted by atomic mass is 16.5. The van der Waals surface area contributed by atoms with Gasteiger partial charge in [0.1, 0.15) is 5.82 Å². The lowest BCUT2D eigenvalue weighted by atomic mass is 9.91. The lowest BCUT2D eigenvalue weighted by molar-refractivity contribution is 0.174. The van der Waals surface area contributed by atoms with E-state index in [-0.39, 0.29) is 6.03 Å². The van der Waals surface area contributed by atoms with E-state index < -0.39 is 0 Å². The van der Waals surface area contributed by atoms with Crippen LogP contribution >= 0.6 is 0 Å². The first-order valence-electron chi connectivity index (χ1n) is 8.85. The number of carbonyl (C=O) groups excluding carboxylic acids is 1. The Kier molecular flexibility index (Phi) is 6.97. The monoisotopic (exact) mass is 334 g/mol. The normalized spacial score (nSPS) is 15.8. The fourth-order valence-electron chi connectivity index (χ4n) is 3.07. The Morgan fingerprint density at radius 3 is 2.75 bits per heavy atom. The van der Waals surface area contributed by atoms with Crippen molar-refractivity contribution in [2.45, 2.75) is 52.6 Å². The number of rotatable bonds is 6. The summed E-state index contributed by atoms with van der Waals surface area (Å²) in [5.41, 5.74) is 2.15. The van der Waals surface area contributed by atoms with Gasteiger partial charge >= 0.3 is 6.03 Å². The molecular formula is C18H30N4O2. The summed E-state index contributed by atoms with van der Waals surface area (Å²) >= 11 is 0. The van der Waals surface area contributed by atoms with E-state index in [2.05, 4.69) is 29.1 Å². The van der Waals surface area contributed by atoms with Crippen molar-refractivity contribution in [3.8, 4) is 0 Å². The Morgan fingerprint density at radius 2 is 2.12 bits per heavy atom. The number of piperidine rings is 1. The van der Waals surface area contributed by atoms with E-state index in [0.29, 0.717) is 18.4 Å². The maximum Gasteiger partial charge on any atom is 0.317 e. The fraction of sp³-hybridized carbons (Fsp3) is 0.722. The largest absolute Gasteiger partial charge is 0.380 e. The van der Waals surface area contributed by atoms with Crippen molar-refractivity contribution >= 4 is 6.03 Å². The SMILES string of the molecule is COCc1cnc(C)nc1C1CCN(C(=O)NCCC(C)C)CC1. The van der Waals surface area contributed by atoms with E-state index in [1.807, 2.05) is 18.0 Å². The summed E-state index contributed by atoms with van der Waals surface area (Å²) < 4.78 is 5.27. The van der Waals surface area contributed by atoms with E-state index in [1.165, 1.54) is 0 Å². The number of amides is 2. The number of nitrogens with one attached hydrogen (secondary N) is 1. The summed E-state index contributed by atoms with van der Waals surface area (Å²) in [6.45, 7) is 9.07. The van der Waals surface area contributed by atoms with Crippen LogP contribution in [0.25, 0.3) is 0 Å². The maximum absolute atomic E-state index is 12.2. The van der Waals surface area contributed by atoms with Crippen LogP contribution in [-0.4, -0.2) is 47.6 Å². The Morgan fingerprint density at radius 1 is 1.42 bits per heavy atom. The summed E-state index contributed by atoms with van der Waals surface area (Å²) in [5.74, 6) is 1.77. The van der Waals surface area contributed by atoms with Crippen LogP contribution in [0.5, 0.6) is 0 Å². The molecule has 6 nitrogen and oxygen atoms in total. The summed E-state index contributed by atoms with van der Waals surface area (Å²) in [7, 11) is 1.69. The molecule has 1 aromatic heterocycles. The zero-order chi connectivity index (χ0) is 17.5. The van der Waals surface area contributed by atoms with Crippen LogP contribution < -0.4 is 5.32 Å². The minimum Gasteiger partial charge on any atom is -0.380 e. The van der Waals surface area contributed by atoms with Crippen molar-refractivity contribution in [1.82, 2.24) is 20.2 Å². The van der Waals surface area contributed by atoms with Gasteiger partial charge in [0.05, 0.1) is 12.3 Å². The highest BCUT2D eigenvalue weighted by Gasteiger charge is 2.26. The molecule has 1 fully saturated rings. The van der Waals surface area contributed by atoms with Crippen molar-refractivity contribution in [1.29, 1.82) is 0 Å². The van der Waals surface area contributed by atoms with Gasteiger partial charge < -0.3 is 15.0 Å². The molecule has 0 unspecified atom stereocenters. The molecule has 1 N–H and O–H groups in total. The van der Waals surface area contributed by atoms with Gasteiger partial charge in [0, 0.05) is 44.4 Å². The summed E-state index contributed by atoms with van der Waals surface area (Å²) in [6, 6.07) is 0.0603. The topological polar surface area (TPSA) is 67.4 Å². The first-order chi connectivity index (χ1) is 11.5. The van der Waals surface area contributed by atoms with Crippen LogP contribution in [0.2, 0.25) is 0 Å². The number of likely N-dealkylation sites (tertiary alicyclic amines) is 1. The lowest BCUT2D eigenvalue weighted by Crippen LogP contribution is -2.44. The van der Waals surface area contributed by atoms with Gasteiger partial charge in [-0.3, -0.25) is 0 Å². The zero-order valence-electron chi connectivity index (χ0n) is 15.3. The molecule has 0 bridgehead atoms. The second-order valence-electron chi connectivity index (χ2n) is 6.94. The van der Waals surface area contributed by atoms with Crippen molar-refractivity contribution < 1.29 is 9.53 Å². The second kappa shape index (κ2) is 8.97. The first kappa shape index (κ1) is 18.6. The van der Waals surface area contributed by atoms with Crippen molar-refractivity contribution in [2.24, 2.45) is 5.92 Å². The Hall–Kier alpha value is -1.69. The average Bonchev–Trinajstić information content (AvgIpc) is 2.56. The van der Waals surface area contributed by atoms with Crippen molar-refractivity contribution in [2.75, 3.05) is 26.7 Å². The number of ether oxygens (including phenoxy) is 1. The highest BCUT2D eigenvalue weighted by Crippen LogP contribution is 2.29. The Bertz CT molecular complexity index is 540. The molecule has 134 valence electrons. The number of carbonyl (C=O) groups is 1. The number of methoxy groups -OCH3 is 1. The quantitative estimate of drug-likeness (QED) is 0.868. The summed E-state index contributed by atoms with van der Waals surface area (Å²) in [6.07, 6.45) is 4.75. The molecule has 0 saturated carbocycles. The minimum absolute atomic E-state index is 0.0603. The molecule has 2 heterocycles. The zero-order valence-corrected chi connectivity index (χ0v) is 15.3. The lowest BCUT2D eigenvalue weighted by Gasteiger charge is -2.32. The molecule has 0 aromatic carbocycles. The van der Waals surface area contributed by atoms with Crippen LogP contribution in [-0.2, 0) is 11.3 Å². The van der Waals surface area contributed by atoms with Gasteiger partial charge in [0.2, 0.25) is 0 Å². The van der Waals surface area contributed by atoms with E-state index in [0.717, 1.165) is 56.0 Å². The third kappa shape index (κ3) is 5.16. The van der Waals surface area contributed by atoms with Crippen LogP contribution in [0.1, 0.15) is 56.1 Å². The van der Waals surface area contributed by atoms with Crippen LogP contribution in [0.3, 0.4) is 0 Å². The molecule has 1 aliphatic rings. The number of aromatic nitrogens is 2. The number of hydrogen-bond donors (Lipinski definition) is 1. The molecule has 0 radical (unpaired) electrons. The number of aryl methyl sites for hydroxylation is 1. The molecule has 0 atom stereocenters. The smallest absolute Gasteiger partial charge is 0.317 e. The molecule has 6 heteroatoms. The van der Waals surface area contributed by atoms with E-state index in [4.69, 9.17) is 4.74 Å². The Balaban J connectivity index is 1.90. The standard InChI is InChI=1S/C18H30N4O2/c1-13(2)5-8-19-18(23)22-9-6-15(7-10-22)17-16(12-24-4)11-20-14(3)21-17/h11,13,15H,5-10,12H2,1-4H3,(H,19,23). The Labute approximate surface area is 145 Å². The van der Waals surface area contributed by atoms with Gasteiger partial charge in [-0.15, -0.1) is 0 Å². The van der Waals surface area contributed by atoms with Crippen LogP contribution in [0.4, 0.5) is 4.79 Å². The van der Waals surface area contributed by atoms with Gasteiger partial charge in [0.15, 0.2) is 0 Å². The average molecular weight is 334 g/mol. The van der Waals surface area contributed by atoms with Crippen molar-refractivity contribution in [3.63, 3.8) is 0 Å². The van der Waals surface area contributed by atoms with Gasteiger partial charge in [-0.05, 0) is 32.1 Å². The molecule has 1 aromatic rings. The summed E-state index contributed by atoms with van der Waals surface area (Å²) in [5, 5.41) is 3.02. The van der Waals surface area contributed by atoms with E-state index in [9.17, 15) is 4.79 Å². The maximum atomic E-state index is 12.2. The molecule has 0 aliphatic carbocycles. The van der Waals surface area contributed by atoms with E-state index in [1.54, 1.807) is 7.11 Å². The predicted molar refractivity (Wildman–Crippen MR) is 93.9 cm³/mol. The molecule has 1 saturated heterocycles. The minimum atomic E-state index is 0.0603. The molecule has 2 rings (SSSR count). The third-order valence-corrected chi connectivity index (χ3v) is 4.49. The molecule has 24 heavy (non-hydrogen) atoms.